The molecule has 10 heteroatoms. The number of nitrogens with one attached hydrogen (secondary N) is 1. The average Bonchev–Trinajstić information content (AvgIpc) is 3.54. The van der Waals surface area contributed by atoms with Crippen LogP contribution in [-0.2, 0) is 30.6 Å². The molecule has 1 aliphatic carbocycles. The van der Waals surface area contributed by atoms with Gasteiger partial charge in [-0.3, -0.25) is 14.2 Å². The number of fused-ring (bicyclic) bond motifs is 5. The molecule has 1 aliphatic rings. The fourth-order valence-corrected chi connectivity index (χ4v) is 7.15. The van der Waals surface area contributed by atoms with Gasteiger partial charge in [-0.15, -0.1) is 21.5 Å². The second-order valence-electron chi connectivity index (χ2n) is 9.27. The molecule has 0 aliphatic heterocycles. The summed E-state index contributed by atoms with van der Waals surface area (Å²) in [6, 6.07) is 17.4. The first-order valence-electron chi connectivity index (χ1n) is 12.6. The third-order valence-electron chi connectivity index (χ3n) is 6.83. The number of carbonyl (C=O) groups is 1. The van der Waals surface area contributed by atoms with Crippen molar-refractivity contribution in [1.29, 1.82) is 0 Å². The van der Waals surface area contributed by atoms with Gasteiger partial charge in [-0.2, -0.15) is 0 Å². The molecule has 2 aromatic carbocycles. The van der Waals surface area contributed by atoms with E-state index in [2.05, 4.69) is 27.6 Å². The maximum Gasteiger partial charge on any atom is 0.263 e. The second-order valence-corrected chi connectivity index (χ2v) is 11.3. The SMILES string of the molecule is COc1cccc(NC(=O)CSc2nnc3n(CCc4ccccc4)c(=O)c4c5c(sc4n23)CCCC5)c1. The van der Waals surface area contributed by atoms with Crippen molar-refractivity contribution in [1.82, 2.24) is 19.2 Å². The topological polar surface area (TPSA) is 90.5 Å². The molecule has 0 saturated carbocycles. The van der Waals surface area contributed by atoms with Gasteiger partial charge in [0.1, 0.15) is 10.6 Å². The number of hydrogen-bond acceptors (Lipinski definition) is 7. The number of hydrogen-bond donors (Lipinski definition) is 1. The molecule has 38 heavy (non-hydrogen) atoms. The average molecular weight is 546 g/mol. The number of anilines is 1. The molecule has 5 aromatic rings. The number of benzene rings is 2. The predicted octanol–water partition coefficient (Wildman–Crippen LogP) is 4.97. The molecule has 0 fully saturated rings. The quantitative estimate of drug-likeness (QED) is 0.277. The number of aromatic nitrogens is 4. The number of thioether (sulfide) groups is 1. The summed E-state index contributed by atoms with van der Waals surface area (Å²) in [5.41, 5.74) is 3.01. The maximum atomic E-state index is 13.8. The lowest BCUT2D eigenvalue weighted by molar-refractivity contribution is -0.113. The van der Waals surface area contributed by atoms with E-state index in [4.69, 9.17) is 4.74 Å². The lowest BCUT2D eigenvalue weighted by Crippen LogP contribution is -2.24. The van der Waals surface area contributed by atoms with Gasteiger partial charge in [0.05, 0.1) is 18.2 Å². The Labute approximate surface area is 227 Å². The minimum atomic E-state index is -0.154. The number of ether oxygens (including phenoxy) is 1. The zero-order chi connectivity index (χ0) is 26.1. The third-order valence-corrected chi connectivity index (χ3v) is 9.03. The van der Waals surface area contributed by atoms with Crippen molar-refractivity contribution in [2.75, 3.05) is 18.2 Å². The van der Waals surface area contributed by atoms with Gasteiger partial charge in [0.2, 0.25) is 11.7 Å². The van der Waals surface area contributed by atoms with E-state index in [1.165, 1.54) is 22.2 Å². The van der Waals surface area contributed by atoms with Gasteiger partial charge in [0.15, 0.2) is 5.16 Å². The molecule has 8 nitrogen and oxygen atoms in total. The van der Waals surface area contributed by atoms with Gasteiger partial charge >= 0.3 is 0 Å². The molecule has 0 unspecified atom stereocenters. The number of aryl methyl sites for hydroxylation is 4. The Morgan fingerprint density at radius 3 is 2.79 bits per heavy atom. The number of methoxy groups -OCH3 is 1. The summed E-state index contributed by atoms with van der Waals surface area (Å²) in [6.07, 6.45) is 4.86. The van der Waals surface area contributed by atoms with Crippen LogP contribution in [0, 0.1) is 0 Å². The van der Waals surface area contributed by atoms with Crippen LogP contribution in [0.3, 0.4) is 0 Å². The highest BCUT2D eigenvalue weighted by Crippen LogP contribution is 2.36. The molecule has 1 N–H and O–H groups in total. The zero-order valence-electron chi connectivity index (χ0n) is 21.0. The van der Waals surface area contributed by atoms with Gasteiger partial charge < -0.3 is 10.1 Å². The van der Waals surface area contributed by atoms with E-state index in [-0.39, 0.29) is 17.2 Å². The van der Waals surface area contributed by atoms with Crippen LogP contribution in [0.4, 0.5) is 5.69 Å². The number of rotatable bonds is 8. The molecule has 0 atom stereocenters. The van der Waals surface area contributed by atoms with E-state index >= 15 is 0 Å². The van der Waals surface area contributed by atoms with Gasteiger partial charge in [-0.05, 0) is 55.4 Å². The van der Waals surface area contributed by atoms with E-state index in [1.54, 1.807) is 29.1 Å². The smallest absolute Gasteiger partial charge is 0.263 e. The Kier molecular flexibility index (Phi) is 6.90. The van der Waals surface area contributed by atoms with Crippen molar-refractivity contribution in [2.24, 2.45) is 0 Å². The standard InChI is InChI=1S/C28H27N5O3S2/c1-36-20-11-7-10-19(16-20)29-23(34)17-37-28-31-30-27-32(15-14-18-8-3-2-4-9-18)25(35)24-21-12-5-6-13-22(21)38-26(24)33(27)28/h2-4,7-11,16H,5-6,12-15,17H2,1H3,(H,29,34). The van der Waals surface area contributed by atoms with Crippen molar-refractivity contribution < 1.29 is 9.53 Å². The van der Waals surface area contributed by atoms with Crippen LogP contribution in [0.2, 0.25) is 0 Å². The van der Waals surface area contributed by atoms with Crippen LogP contribution < -0.4 is 15.6 Å². The first-order valence-corrected chi connectivity index (χ1v) is 14.5. The summed E-state index contributed by atoms with van der Waals surface area (Å²) in [5.74, 6) is 1.21. The number of amides is 1. The summed E-state index contributed by atoms with van der Waals surface area (Å²) < 4.78 is 8.98. The molecular formula is C28H27N5O3S2. The van der Waals surface area contributed by atoms with Crippen LogP contribution in [0.1, 0.15) is 28.8 Å². The van der Waals surface area contributed by atoms with Crippen LogP contribution in [0.5, 0.6) is 5.75 Å². The molecule has 0 bridgehead atoms. The molecule has 0 radical (unpaired) electrons. The summed E-state index contributed by atoms with van der Waals surface area (Å²) in [7, 11) is 1.59. The Hall–Kier alpha value is -3.63. The Bertz CT molecular complexity index is 1690. The lowest BCUT2D eigenvalue weighted by atomic mass is 9.97. The summed E-state index contributed by atoms with van der Waals surface area (Å²) >= 11 is 2.99. The zero-order valence-corrected chi connectivity index (χ0v) is 22.6. The summed E-state index contributed by atoms with van der Waals surface area (Å²) in [5, 5.41) is 13.2. The molecule has 6 rings (SSSR count). The van der Waals surface area contributed by atoms with Crippen molar-refractivity contribution in [3.05, 3.63) is 81.0 Å². The highest BCUT2D eigenvalue weighted by atomic mass is 32.2. The van der Waals surface area contributed by atoms with E-state index in [9.17, 15) is 9.59 Å². The second kappa shape index (κ2) is 10.6. The van der Waals surface area contributed by atoms with Gasteiger partial charge in [0, 0.05) is 23.2 Å². The largest absolute Gasteiger partial charge is 0.497 e. The lowest BCUT2D eigenvalue weighted by Gasteiger charge is -2.12. The van der Waals surface area contributed by atoms with Crippen LogP contribution in [0.15, 0.2) is 64.5 Å². The minimum absolute atomic E-state index is 0.00236. The Morgan fingerprint density at radius 1 is 1.11 bits per heavy atom. The monoisotopic (exact) mass is 545 g/mol. The van der Waals surface area contributed by atoms with Gasteiger partial charge in [-0.1, -0.05) is 48.2 Å². The van der Waals surface area contributed by atoms with Crippen LogP contribution >= 0.6 is 23.1 Å². The van der Waals surface area contributed by atoms with E-state index in [0.717, 1.165) is 41.5 Å². The first-order chi connectivity index (χ1) is 18.6. The summed E-state index contributed by atoms with van der Waals surface area (Å²) in [4.78, 5) is 28.8. The molecular weight excluding hydrogens is 518 g/mol. The fourth-order valence-electron chi connectivity index (χ4n) is 4.98. The highest BCUT2D eigenvalue weighted by Gasteiger charge is 2.25. The highest BCUT2D eigenvalue weighted by molar-refractivity contribution is 7.99. The number of carbonyl (C=O) groups excluding carboxylic acids is 1. The Morgan fingerprint density at radius 2 is 1.95 bits per heavy atom. The molecule has 0 saturated heterocycles. The number of nitrogens with zero attached hydrogens (tertiary/aromatic N) is 4. The number of thiophene rings is 1. The normalized spacial score (nSPS) is 13.1. The molecule has 194 valence electrons. The molecule has 3 aromatic heterocycles. The Balaban J connectivity index is 1.35. The minimum Gasteiger partial charge on any atom is -0.497 e. The van der Waals surface area contributed by atoms with Crippen molar-refractivity contribution in [3.63, 3.8) is 0 Å². The van der Waals surface area contributed by atoms with Crippen molar-refractivity contribution in [3.8, 4) is 5.75 Å². The van der Waals surface area contributed by atoms with Gasteiger partial charge in [0.25, 0.3) is 5.56 Å². The summed E-state index contributed by atoms with van der Waals surface area (Å²) in [6.45, 7) is 0.506. The molecule has 3 heterocycles. The van der Waals surface area contributed by atoms with E-state index in [1.807, 2.05) is 40.8 Å². The van der Waals surface area contributed by atoms with E-state index in [0.29, 0.717) is 35.3 Å². The van der Waals surface area contributed by atoms with E-state index < -0.39 is 0 Å². The van der Waals surface area contributed by atoms with Crippen molar-refractivity contribution >= 4 is 50.7 Å². The first kappa shape index (κ1) is 24.7. The van der Waals surface area contributed by atoms with Gasteiger partial charge in [-0.25, -0.2) is 4.40 Å². The third kappa shape index (κ3) is 4.69. The van der Waals surface area contributed by atoms with Crippen molar-refractivity contribution in [2.45, 2.75) is 43.8 Å². The van der Waals surface area contributed by atoms with Crippen LogP contribution in [-0.4, -0.2) is 37.9 Å². The van der Waals surface area contributed by atoms with Crippen LogP contribution in [0.25, 0.3) is 16.0 Å². The maximum absolute atomic E-state index is 13.8. The fraction of sp³-hybridized carbons (Fsp3) is 0.286. The molecule has 0 spiro atoms. The predicted molar refractivity (Wildman–Crippen MR) is 152 cm³/mol. The molecule has 1 amide bonds.